The molecule has 6 heteroatoms. The van der Waals surface area contributed by atoms with Crippen LogP contribution in [0.4, 0.5) is 0 Å². The average molecular weight is 422 g/mol. The molecule has 1 aromatic carbocycles. The molecule has 1 atom stereocenters. The predicted octanol–water partition coefficient (Wildman–Crippen LogP) is 4.43. The largest absolute Gasteiger partial charge is 0.443 e. The zero-order chi connectivity index (χ0) is 23.1. The van der Waals surface area contributed by atoms with E-state index in [1.165, 1.54) is 4.90 Å². The first kappa shape index (κ1) is 23.9. The lowest BCUT2D eigenvalue weighted by atomic mass is 10.1. The predicted molar refractivity (Wildman–Crippen MR) is 121 cm³/mol. The van der Waals surface area contributed by atoms with Crippen LogP contribution in [0.1, 0.15) is 48.9 Å². The maximum absolute atomic E-state index is 12.8. The van der Waals surface area contributed by atoms with Gasteiger partial charge in [0.25, 0.3) is 5.91 Å². The molecular formula is C25H31N3O3. The molecule has 6 nitrogen and oxygen atoms in total. The summed E-state index contributed by atoms with van der Waals surface area (Å²) in [6.07, 6.45) is 1.47. The number of carbonyl (C=O) groups excluding carboxylic acids is 2. The molecule has 2 rings (SSSR count). The third-order valence-corrected chi connectivity index (χ3v) is 5.18. The van der Waals surface area contributed by atoms with Crippen LogP contribution >= 0.6 is 0 Å². The Kier molecular flexibility index (Phi) is 8.21. The highest BCUT2D eigenvalue weighted by molar-refractivity contribution is 5.99. The molecule has 0 bridgehead atoms. The van der Waals surface area contributed by atoms with Crippen molar-refractivity contribution in [2.45, 2.75) is 46.8 Å². The van der Waals surface area contributed by atoms with Gasteiger partial charge in [-0.25, -0.2) is 4.79 Å². The lowest BCUT2D eigenvalue weighted by Gasteiger charge is -2.21. The SMILES string of the molecule is Cc1cc(/C=C(\C#N)C(=O)O[C@H](C(=O)N(C)C)c2ccccc2)c(C)n1CCC(C)C. The summed E-state index contributed by atoms with van der Waals surface area (Å²) in [7, 11) is 3.19. The Morgan fingerprint density at radius 1 is 1.19 bits per heavy atom. The number of esters is 1. The zero-order valence-electron chi connectivity index (χ0n) is 19.2. The quantitative estimate of drug-likeness (QED) is 0.359. The topological polar surface area (TPSA) is 75.3 Å². The Bertz CT molecular complexity index is 995. The molecule has 164 valence electrons. The molecular weight excluding hydrogens is 390 g/mol. The van der Waals surface area contributed by atoms with Gasteiger partial charge < -0.3 is 14.2 Å². The molecule has 2 aromatic rings. The summed E-state index contributed by atoms with van der Waals surface area (Å²) in [4.78, 5) is 26.8. The number of hydrogen-bond acceptors (Lipinski definition) is 4. The normalized spacial score (nSPS) is 12.4. The summed E-state index contributed by atoms with van der Waals surface area (Å²) in [5.74, 6) is -0.615. The Morgan fingerprint density at radius 2 is 1.84 bits per heavy atom. The number of carbonyl (C=O) groups is 2. The van der Waals surface area contributed by atoms with Crippen LogP contribution in [-0.2, 0) is 20.9 Å². The minimum atomic E-state index is -1.11. The molecule has 0 saturated carbocycles. The standard InChI is InChI=1S/C25H31N3O3/c1-17(2)12-13-28-18(3)14-21(19(28)4)15-22(16-26)25(30)31-23(24(29)27(5)6)20-10-8-7-9-11-20/h7-11,14-15,17,23H,12-13H2,1-6H3/b22-15+/t23-/m0/s1. The lowest BCUT2D eigenvalue weighted by molar-refractivity contribution is -0.156. The Morgan fingerprint density at radius 3 is 2.39 bits per heavy atom. The summed E-state index contributed by atoms with van der Waals surface area (Å²) in [5.41, 5.74) is 3.27. The van der Waals surface area contributed by atoms with Crippen molar-refractivity contribution in [1.29, 1.82) is 5.26 Å². The molecule has 0 fully saturated rings. The fraction of sp³-hybridized carbons (Fsp3) is 0.400. The highest BCUT2D eigenvalue weighted by Gasteiger charge is 2.28. The van der Waals surface area contributed by atoms with E-state index in [-0.39, 0.29) is 11.5 Å². The molecule has 0 spiro atoms. The van der Waals surface area contributed by atoms with Crippen molar-refractivity contribution in [2.24, 2.45) is 5.92 Å². The van der Waals surface area contributed by atoms with E-state index >= 15 is 0 Å². The second-order valence-corrected chi connectivity index (χ2v) is 8.26. The number of rotatable bonds is 8. The van der Waals surface area contributed by atoms with E-state index in [2.05, 4.69) is 18.4 Å². The van der Waals surface area contributed by atoms with Crippen LogP contribution < -0.4 is 0 Å². The van der Waals surface area contributed by atoms with Gasteiger partial charge in [0, 0.05) is 37.6 Å². The van der Waals surface area contributed by atoms with Gasteiger partial charge in [-0.2, -0.15) is 5.26 Å². The summed E-state index contributed by atoms with van der Waals surface area (Å²) in [5, 5.41) is 9.61. The molecule has 0 radical (unpaired) electrons. The van der Waals surface area contributed by atoms with Gasteiger partial charge in [-0.15, -0.1) is 0 Å². The van der Waals surface area contributed by atoms with E-state index in [1.54, 1.807) is 44.4 Å². The Labute approximate surface area is 184 Å². The number of nitriles is 1. The smallest absolute Gasteiger partial charge is 0.350 e. The van der Waals surface area contributed by atoms with Gasteiger partial charge in [-0.05, 0) is 43.9 Å². The molecule has 0 saturated heterocycles. The van der Waals surface area contributed by atoms with E-state index in [1.807, 2.05) is 32.0 Å². The van der Waals surface area contributed by atoms with Crippen LogP contribution in [0.25, 0.3) is 6.08 Å². The molecule has 1 aromatic heterocycles. The van der Waals surface area contributed by atoms with Gasteiger partial charge in [-0.3, -0.25) is 4.79 Å². The van der Waals surface area contributed by atoms with E-state index in [9.17, 15) is 14.9 Å². The van der Waals surface area contributed by atoms with Crippen molar-refractivity contribution >= 4 is 18.0 Å². The monoisotopic (exact) mass is 421 g/mol. The van der Waals surface area contributed by atoms with Crippen LogP contribution in [0.2, 0.25) is 0 Å². The summed E-state index contributed by atoms with van der Waals surface area (Å²) < 4.78 is 7.70. The Balaban J connectivity index is 2.32. The van der Waals surface area contributed by atoms with Crippen molar-refractivity contribution in [2.75, 3.05) is 14.1 Å². The van der Waals surface area contributed by atoms with Gasteiger partial charge in [0.15, 0.2) is 0 Å². The summed E-state index contributed by atoms with van der Waals surface area (Å²) >= 11 is 0. The molecule has 1 amide bonds. The van der Waals surface area contributed by atoms with Crippen molar-refractivity contribution in [3.63, 3.8) is 0 Å². The van der Waals surface area contributed by atoms with Crippen LogP contribution in [0.5, 0.6) is 0 Å². The fourth-order valence-electron chi connectivity index (χ4n) is 3.29. The van der Waals surface area contributed by atoms with Crippen molar-refractivity contribution in [3.8, 4) is 6.07 Å². The fourth-order valence-corrected chi connectivity index (χ4v) is 3.29. The number of likely N-dealkylation sites (N-methyl/N-ethyl adjacent to an activating group) is 1. The van der Waals surface area contributed by atoms with Crippen LogP contribution in [0, 0.1) is 31.1 Å². The van der Waals surface area contributed by atoms with Crippen LogP contribution in [0.15, 0.2) is 42.0 Å². The molecule has 31 heavy (non-hydrogen) atoms. The van der Waals surface area contributed by atoms with Gasteiger partial charge >= 0.3 is 5.97 Å². The molecule has 1 heterocycles. The molecule has 0 aliphatic heterocycles. The minimum absolute atomic E-state index is 0.142. The summed E-state index contributed by atoms with van der Waals surface area (Å²) in [6, 6.07) is 12.7. The van der Waals surface area contributed by atoms with E-state index in [0.29, 0.717) is 11.5 Å². The Hall–Kier alpha value is -3.33. The van der Waals surface area contributed by atoms with Crippen molar-refractivity contribution < 1.29 is 14.3 Å². The first-order valence-corrected chi connectivity index (χ1v) is 10.4. The number of aromatic nitrogens is 1. The van der Waals surface area contributed by atoms with E-state index in [4.69, 9.17) is 4.74 Å². The van der Waals surface area contributed by atoms with E-state index in [0.717, 1.165) is 29.9 Å². The van der Waals surface area contributed by atoms with Gasteiger partial charge in [0.2, 0.25) is 6.10 Å². The third kappa shape index (κ3) is 6.08. The maximum Gasteiger partial charge on any atom is 0.350 e. The number of hydrogen-bond donors (Lipinski definition) is 0. The van der Waals surface area contributed by atoms with Crippen molar-refractivity contribution in [1.82, 2.24) is 9.47 Å². The third-order valence-electron chi connectivity index (χ3n) is 5.18. The first-order valence-electron chi connectivity index (χ1n) is 10.4. The second-order valence-electron chi connectivity index (χ2n) is 8.26. The van der Waals surface area contributed by atoms with Gasteiger partial charge in [-0.1, -0.05) is 44.2 Å². The zero-order valence-corrected chi connectivity index (χ0v) is 19.2. The molecule has 0 N–H and O–H groups in total. The minimum Gasteiger partial charge on any atom is -0.443 e. The van der Waals surface area contributed by atoms with E-state index < -0.39 is 12.1 Å². The van der Waals surface area contributed by atoms with Gasteiger partial charge in [0.05, 0.1) is 0 Å². The summed E-state index contributed by atoms with van der Waals surface area (Å²) in [6.45, 7) is 9.22. The highest BCUT2D eigenvalue weighted by atomic mass is 16.5. The number of benzene rings is 1. The lowest BCUT2D eigenvalue weighted by Crippen LogP contribution is -2.31. The van der Waals surface area contributed by atoms with Crippen LogP contribution in [-0.4, -0.2) is 35.4 Å². The number of ether oxygens (including phenoxy) is 1. The van der Waals surface area contributed by atoms with Gasteiger partial charge in [0.1, 0.15) is 11.6 Å². The van der Waals surface area contributed by atoms with Crippen LogP contribution in [0.3, 0.4) is 0 Å². The molecule has 0 aliphatic rings. The number of amides is 1. The number of nitrogens with zero attached hydrogens (tertiary/aromatic N) is 3. The first-order chi connectivity index (χ1) is 14.6. The molecule has 0 unspecified atom stereocenters. The average Bonchev–Trinajstić information content (AvgIpc) is 3.00. The highest BCUT2D eigenvalue weighted by Crippen LogP contribution is 2.23. The second kappa shape index (κ2) is 10.6. The maximum atomic E-state index is 12.8. The number of aryl methyl sites for hydroxylation is 1. The molecule has 0 aliphatic carbocycles. The van der Waals surface area contributed by atoms with Crippen molar-refractivity contribution in [3.05, 3.63) is 64.5 Å².